The van der Waals surface area contributed by atoms with Crippen molar-refractivity contribution in [3.05, 3.63) is 53.6 Å². The van der Waals surface area contributed by atoms with Gasteiger partial charge in [-0.15, -0.1) is 0 Å². The first kappa shape index (κ1) is 20.2. The second-order valence-electron chi connectivity index (χ2n) is 6.58. The van der Waals surface area contributed by atoms with Crippen LogP contribution in [0.15, 0.2) is 47.4 Å². The minimum atomic E-state index is -3.81. The number of aliphatic carboxylic acids is 1. The normalized spacial score (nSPS) is 15.1. The Kier molecular flexibility index (Phi) is 5.90. The van der Waals surface area contributed by atoms with Crippen LogP contribution in [-0.2, 0) is 27.7 Å². The van der Waals surface area contributed by atoms with E-state index in [1.807, 2.05) is 31.2 Å². The van der Waals surface area contributed by atoms with Gasteiger partial charge in [0.2, 0.25) is 10.0 Å². The number of carbonyl (C=O) groups is 1. The number of aryl methyl sites for hydroxylation is 1. The van der Waals surface area contributed by atoms with Crippen molar-refractivity contribution in [2.24, 2.45) is 0 Å². The molecule has 2 aromatic carbocycles. The smallest absolute Gasteiger partial charge is 0.307 e. The first-order chi connectivity index (χ1) is 13.3. The fraction of sp³-hybridized carbons (Fsp3) is 0.350. The minimum absolute atomic E-state index is 0.0267. The maximum Gasteiger partial charge on any atom is 0.307 e. The van der Waals surface area contributed by atoms with E-state index in [2.05, 4.69) is 0 Å². The van der Waals surface area contributed by atoms with E-state index in [9.17, 15) is 13.2 Å². The Morgan fingerprint density at radius 1 is 1.18 bits per heavy atom. The molecule has 1 aliphatic rings. The Balaban J connectivity index is 1.75. The van der Waals surface area contributed by atoms with Crippen LogP contribution in [0, 0.1) is 0 Å². The molecular weight excluding hydrogens is 382 g/mol. The highest BCUT2D eigenvalue weighted by Gasteiger charge is 2.39. The fourth-order valence-corrected chi connectivity index (χ4v) is 4.82. The van der Waals surface area contributed by atoms with E-state index >= 15 is 0 Å². The molecule has 7 nitrogen and oxygen atoms in total. The Morgan fingerprint density at radius 3 is 2.54 bits per heavy atom. The summed E-state index contributed by atoms with van der Waals surface area (Å²) in [5.41, 5.74) is 1.48. The molecule has 1 N–H and O–H groups in total. The lowest BCUT2D eigenvalue weighted by atomic mass is 10.1. The SMILES string of the molecule is CCc1ccccc1OC1CN(S(=O)(=O)c2cc(CC(=O)O)ccc2OC)C1. The third-order valence-electron chi connectivity index (χ3n) is 4.66. The van der Waals surface area contributed by atoms with Crippen molar-refractivity contribution in [1.29, 1.82) is 0 Å². The standard InChI is InChI=1S/C20H23NO6S/c1-3-15-6-4-5-7-17(15)27-16-12-21(13-16)28(24,25)19-10-14(11-20(22)23)8-9-18(19)26-2/h4-10,16H,3,11-13H2,1-2H3,(H,22,23). The number of hydrogen-bond acceptors (Lipinski definition) is 5. The lowest BCUT2D eigenvalue weighted by molar-refractivity contribution is -0.136. The number of carboxylic acid groups (broad SMARTS) is 1. The zero-order valence-corrected chi connectivity index (χ0v) is 16.6. The van der Waals surface area contributed by atoms with E-state index in [0.717, 1.165) is 17.7 Å². The molecule has 0 aliphatic carbocycles. The van der Waals surface area contributed by atoms with Gasteiger partial charge in [-0.1, -0.05) is 31.2 Å². The lowest BCUT2D eigenvalue weighted by Crippen LogP contribution is -2.56. The van der Waals surface area contributed by atoms with Crippen LogP contribution in [0.2, 0.25) is 0 Å². The Bertz CT molecular complexity index is 966. The molecule has 0 atom stereocenters. The fourth-order valence-electron chi connectivity index (χ4n) is 3.11. The van der Waals surface area contributed by atoms with Crippen LogP contribution in [-0.4, -0.2) is 50.1 Å². The van der Waals surface area contributed by atoms with E-state index in [-0.39, 0.29) is 36.3 Å². The second-order valence-corrected chi connectivity index (χ2v) is 8.49. The minimum Gasteiger partial charge on any atom is -0.495 e. The van der Waals surface area contributed by atoms with E-state index in [4.69, 9.17) is 14.6 Å². The summed E-state index contributed by atoms with van der Waals surface area (Å²) < 4.78 is 38.4. The van der Waals surface area contributed by atoms with Crippen LogP contribution >= 0.6 is 0 Å². The number of hydrogen-bond donors (Lipinski definition) is 1. The average Bonchev–Trinajstić information content (AvgIpc) is 2.63. The zero-order chi connectivity index (χ0) is 20.3. The van der Waals surface area contributed by atoms with Gasteiger partial charge in [-0.3, -0.25) is 4.79 Å². The quantitative estimate of drug-likeness (QED) is 0.725. The van der Waals surface area contributed by atoms with Gasteiger partial charge >= 0.3 is 5.97 Å². The van der Waals surface area contributed by atoms with Gasteiger partial charge < -0.3 is 14.6 Å². The molecule has 0 unspecified atom stereocenters. The molecule has 0 saturated carbocycles. The van der Waals surface area contributed by atoms with Crippen molar-refractivity contribution in [1.82, 2.24) is 4.31 Å². The molecule has 28 heavy (non-hydrogen) atoms. The molecule has 150 valence electrons. The number of sulfonamides is 1. The molecular formula is C20H23NO6S. The van der Waals surface area contributed by atoms with Crippen molar-refractivity contribution >= 4 is 16.0 Å². The molecule has 0 spiro atoms. The molecule has 0 aromatic heterocycles. The van der Waals surface area contributed by atoms with Crippen LogP contribution in [0.5, 0.6) is 11.5 Å². The number of benzene rings is 2. The van der Waals surface area contributed by atoms with Crippen molar-refractivity contribution in [3.63, 3.8) is 0 Å². The summed E-state index contributed by atoms with van der Waals surface area (Å²) >= 11 is 0. The summed E-state index contributed by atoms with van der Waals surface area (Å²) in [7, 11) is -2.42. The Labute approximate surface area is 164 Å². The lowest BCUT2D eigenvalue weighted by Gasteiger charge is -2.38. The third-order valence-corrected chi connectivity index (χ3v) is 6.52. The Morgan fingerprint density at radius 2 is 1.89 bits per heavy atom. The molecule has 0 bridgehead atoms. The largest absolute Gasteiger partial charge is 0.495 e. The van der Waals surface area contributed by atoms with Crippen molar-refractivity contribution in [2.75, 3.05) is 20.2 Å². The predicted octanol–water partition coefficient (Wildman–Crippen LogP) is 2.34. The zero-order valence-electron chi connectivity index (χ0n) is 15.8. The summed E-state index contributed by atoms with van der Waals surface area (Å²) in [5.74, 6) is -0.0663. The van der Waals surface area contributed by atoms with Crippen molar-refractivity contribution in [3.8, 4) is 11.5 Å². The van der Waals surface area contributed by atoms with E-state index in [1.54, 1.807) is 6.07 Å². The summed E-state index contributed by atoms with van der Waals surface area (Å²) in [4.78, 5) is 10.9. The molecule has 1 fully saturated rings. The van der Waals surface area contributed by atoms with Gasteiger partial charge in [-0.05, 0) is 35.7 Å². The highest BCUT2D eigenvalue weighted by atomic mass is 32.2. The molecule has 1 heterocycles. The first-order valence-corrected chi connectivity index (χ1v) is 10.4. The number of nitrogens with zero attached hydrogens (tertiary/aromatic N) is 1. The third kappa shape index (κ3) is 4.13. The number of para-hydroxylation sites is 1. The Hall–Kier alpha value is -2.58. The molecule has 2 aromatic rings. The van der Waals surface area contributed by atoms with E-state index in [1.165, 1.54) is 23.5 Å². The van der Waals surface area contributed by atoms with Crippen molar-refractivity contribution < 1.29 is 27.8 Å². The van der Waals surface area contributed by atoms with Gasteiger partial charge in [0.15, 0.2) is 0 Å². The topological polar surface area (TPSA) is 93.1 Å². The average molecular weight is 405 g/mol. The molecule has 1 aliphatic heterocycles. The maximum atomic E-state index is 13.0. The first-order valence-electron chi connectivity index (χ1n) is 8.98. The molecule has 0 radical (unpaired) electrons. The molecule has 8 heteroatoms. The van der Waals surface area contributed by atoms with Gasteiger partial charge in [-0.2, -0.15) is 4.31 Å². The van der Waals surface area contributed by atoms with E-state index < -0.39 is 16.0 Å². The summed E-state index contributed by atoms with van der Waals surface area (Å²) in [5, 5.41) is 8.96. The van der Waals surface area contributed by atoms with Gasteiger partial charge in [0.05, 0.1) is 26.6 Å². The monoisotopic (exact) mass is 405 g/mol. The molecule has 1 saturated heterocycles. The predicted molar refractivity (Wildman–Crippen MR) is 103 cm³/mol. The second kappa shape index (κ2) is 8.20. The van der Waals surface area contributed by atoms with Gasteiger partial charge in [-0.25, -0.2) is 8.42 Å². The highest BCUT2D eigenvalue weighted by Crippen LogP contribution is 2.32. The van der Waals surface area contributed by atoms with Crippen LogP contribution in [0.1, 0.15) is 18.1 Å². The number of rotatable bonds is 8. The van der Waals surface area contributed by atoms with Crippen LogP contribution < -0.4 is 9.47 Å². The van der Waals surface area contributed by atoms with E-state index in [0.29, 0.717) is 5.56 Å². The van der Waals surface area contributed by atoms with Crippen LogP contribution in [0.3, 0.4) is 0 Å². The summed E-state index contributed by atoms with van der Waals surface area (Å²) in [6, 6.07) is 12.1. The van der Waals surface area contributed by atoms with Gasteiger partial charge in [0.1, 0.15) is 22.5 Å². The number of ether oxygens (including phenoxy) is 2. The van der Waals surface area contributed by atoms with Crippen LogP contribution in [0.4, 0.5) is 0 Å². The van der Waals surface area contributed by atoms with Crippen LogP contribution in [0.25, 0.3) is 0 Å². The summed E-state index contributed by atoms with van der Waals surface area (Å²) in [6.45, 7) is 2.50. The molecule has 0 amide bonds. The van der Waals surface area contributed by atoms with Gasteiger partial charge in [0.25, 0.3) is 0 Å². The number of methoxy groups -OCH3 is 1. The highest BCUT2D eigenvalue weighted by molar-refractivity contribution is 7.89. The molecule has 3 rings (SSSR count). The number of carboxylic acids is 1. The maximum absolute atomic E-state index is 13.0. The summed E-state index contributed by atoms with van der Waals surface area (Å²) in [6.07, 6.45) is 0.348. The van der Waals surface area contributed by atoms with Crippen molar-refractivity contribution in [2.45, 2.75) is 30.8 Å². The van der Waals surface area contributed by atoms with Gasteiger partial charge in [0, 0.05) is 0 Å².